The van der Waals surface area contributed by atoms with Crippen LogP contribution in [0.5, 0.6) is 5.75 Å². The van der Waals surface area contributed by atoms with Crippen LogP contribution in [0.3, 0.4) is 0 Å². The lowest BCUT2D eigenvalue weighted by Crippen LogP contribution is -2.32. The first-order valence-corrected chi connectivity index (χ1v) is 9.69. The first-order valence-electron chi connectivity index (χ1n) is 9.69. The number of ether oxygens (including phenoxy) is 1. The van der Waals surface area contributed by atoms with Crippen molar-refractivity contribution >= 4 is 28.0 Å². The van der Waals surface area contributed by atoms with Crippen LogP contribution in [0.2, 0.25) is 0 Å². The summed E-state index contributed by atoms with van der Waals surface area (Å²) in [7, 11) is 1.85. The lowest BCUT2D eigenvalue weighted by Gasteiger charge is -2.18. The molecule has 0 aliphatic rings. The number of carboxylic acid groups (broad SMARTS) is 1. The minimum atomic E-state index is -1.06. The lowest BCUT2D eigenvalue weighted by molar-refractivity contribution is 0.0699. The number of nitrogens with one attached hydrogen (secondary N) is 1. The van der Waals surface area contributed by atoms with E-state index in [1.165, 1.54) is 6.20 Å². The smallest absolute Gasteiger partial charge is 0.339 e. The molecule has 0 aliphatic carbocycles. The van der Waals surface area contributed by atoms with Gasteiger partial charge < -0.3 is 20.6 Å². The van der Waals surface area contributed by atoms with Crippen molar-refractivity contribution in [1.29, 1.82) is 0 Å². The molecule has 4 rings (SSSR count). The Kier molecular flexibility index (Phi) is 4.90. The van der Waals surface area contributed by atoms with Crippen LogP contribution in [0.25, 0.3) is 33.5 Å². The number of nitrogens with two attached hydrogens (primary N) is 1. The molecule has 0 unspecified atom stereocenters. The fourth-order valence-electron chi connectivity index (χ4n) is 3.41. The van der Waals surface area contributed by atoms with Gasteiger partial charge in [0.15, 0.2) is 5.65 Å². The van der Waals surface area contributed by atoms with Gasteiger partial charge in [0, 0.05) is 24.2 Å². The molecule has 9 nitrogen and oxygen atoms in total. The van der Waals surface area contributed by atoms with Crippen LogP contribution in [0.15, 0.2) is 30.6 Å². The van der Waals surface area contributed by atoms with Gasteiger partial charge in [0.2, 0.25) is 0 Å². The molecule has 0 fully saturated rings. The molecule has 4 N–H and O–H groups in total. The fraction of sp³-hybridized carbons (Fsp3) is 0.333. The van der Waals surface area contributed by atoms with Crippen LogP contribution in [-0.4, -0.2) is 48.0 Å². The third-order valence-corrected chi connectivity index (χ3v) is 4.91. The van der Waals surface area contributed by atoms with Crippen LogP contribution >= 0.6 is 0 Å². The number of carbonyl (C=O) groups is 1. The average Bonchev–Trinajstić information content (AvgIpc) is 3.25. The molecule has 0 amide bonds. The zero-order valence-electron chi connectivity index (χ0n) is 17.1. The number of benzene rings is 1. The van der Waals surface area contributed by atoms with E-state index in [0.29, 0.717) is 29.2 Å². The van der Waals surface area contributed by atoms with E-state index in [1.54, 1.807) is 10.9 Å². The van der Waals surface area contributed by atoms with Gasteiger partial charge >= 0.3 is 5.97 Å². The highest BCUT2D eigenvalue weighted by Crippen LogP contribution is 2.30. The van der Waals surface area contributed by atoms with E-state index < -0.39 is 5.97 Å². The molecule has 4 aromatic rings. The second kappa shape index (κ2) is 7.42. The predicted octanol–water partition coefficient (Wildman–Crippen LogP) is 3.11. The molecule has 30 heavy (non-hydrogen) atoms. The molecular weight excluding hydrogens is 384 g/mol. The maximum absolute atomic E-state index is 11.4. The summed E-state index contributed by atoms with van der Waals surface area (Å²) in [6.45, 7) is 4.57. The molecule has 0 radical (unpaired) electrons. The van der Waals surface area contributed by atoms with Gasteiger partial charge in [-0.25, -0.2) is 14.8 Å². The van der Waals surface area contributed by atoms with Gasteiger partial charge in [0.1, 0.15) is 28.2 Å². The van der Waals surface area contributed by atoms with Gasteiger partial charge in [0.05, 0.1) is 18.3 Å². The van der Waals surface area contributed by atoms with E-state index in [2.05, 4.69) is 20.1 Å². The molecular formula is C21H24N6O3. The van der Waals surface area contributed by atoms with E-state index >= 15 is 0 Å². The minimum Gasteiger partial charge on any atom is -0.494 e. The maximum Gasteiger partial charge on any atom is 0.339 e. The van der Waals surface area contributed by atoms with Crippen molar-refractivity contribution in [2.75, 3.05) is 6.61 Å². The van der Waals surface area contributed by atoms with E-state index in [-0.39, 0.29) is 11.1 Å². The predicted molar refractivity (Wildman–Crippen MR) is 114 cm³/mol. The Bertz CT molecular complexity index is 1230. The van der Waals surface area contributed by atoms with Gasteiger partial charge in [-0.05, 0) is 44.9 Å². The van der Waals surface area contributed by atoms with Gasteiger partial charge in [-0.1, -0.05) is 0 Å². The summed E-state index contributed by atoms with van der Waals surface area (Å²) >= 11 is 0. The second-order valence-corrected chi connectivity index (χ2v) is 8.05. The van der Waals surface area contributed by atoms with E-state index in [1.807, 2.05) is 39.1 Å². The average molecular weight is 408 g/mol. The third-order valence-electron chi connectivity index (χ3n) is 4.91. The standard InChI is InChI=1S/C21H24N6O3/c1-21(2,22)7-4-8-30-12-5-6-16-13(9-12)17(26-27(16)3)15-11-24-19-18(25-15)14(10-23-19)20(28)29/h5-6,9-11H,4,7-8,22H2,1-3H3,(H,23,24)(H,28,29). The summed E-state index contributed by atoms with van der Waals surface area (Å²) in [6.07, 6.45) is 4.70. The van der Waals surface area contributed by atoms with Crippen molar-refractivity contribution in [1.82, 2.24) is 24.7 Å². The van der Waals surface area contributed by atoms with E-state index in [0.717, 1.165) is 29.5 Å². The topological polar surface area (TPSA) is 132 Å². The summed E-state index contributed by atoms with van der Waals surface area (Å²) in [5.74, 6) is -0.330. The molecule has 0 atom stereocenters. The van der Waals surface area contributed by atoms with Crippen LogP contribution < -0.4 is 10.5 Å². The van der Waals surface area contributed by atoms with Crippen LogP contribution in [0.4, 0.5) is 0 Å². The van der Waals surface area contributed by atoms with Gasteiger partial charge in [-0.3, -0.25) is 4.68 Å². The number of aromatic carboxylic acids is 1. The number of carboxylic acids is 1. The number of aromatic nitrogens is 5. The molecule has 0 aliphatic heterocycles. The van der Waals surface area contributed by atoms with Crippen molar-refractivity contribution in [2.24, 2.45) is 12.8 Å². The normalized spacial score (nSPS) is 12.0. The van der Waals surface area contributed by atoms with Crippen molar-refractivity contribution in [3.05, 3.63) is 36.2 Å². The van der Waals surface area contributed by atoms with Crippen LogP contribution in [0.1, 0.15) is 37.0 Å². The summed E-state index contributed by atoms with van der Waals surface area (Å²) in [6, 6.07) is 5.77. The number of hydrogen-bond donors (Lipinski definition) is 3. The molecule has 3 aromatic heterocycles. The number of aromatic amines is 1. The van der Waals surface area contributed by atoms with Crippen molar-refractivity contribution < 1.29 is 14.6 Å². The van der Waals surface area contributed by atoms with Gasteiger partial charge in [-0.15, -0.1) is 0 Å². The minimum absolute atomic E-state index is 0.0754. The Morgan fingerprint density at radius 3 is 2.90 bits per heavy atom. The Morgan fingerprint density at radius 1 is 1.37 bits per heavy atom. The van der Waals surface area contributed by atoms with Gasteiger partial charge in [-0.2, -0.15) is 5.10 Å². The molecule has 156 valence electrons. The fourth-order valence-corrected chi connectivity index (χ4v) is 3.41. The number of nitrogens with zero attached hydrogens (tertiary/aromatic N) is 4. The number of hydrogen-bond acceptors (Lipinski definition) is 6. The van der Waals surface area contributed by atoms with Gasteiger partial charge in [0.25, 0.3) is 0 Å². The zero-order valence-corrected chi connectivity index (χ0v) is 17.1. The molecule has 0 bridgehead atoms. The van der Waals surface area contributed by atoms with E-state index in [4.69, 9.17) is 10.5 Å². The highest BCUT2D eigenvalue weighted by Gasteiger charge is 2.18. The highest BCUT2D eigenvalue weighted by atomic mass is 16.5. The first-order chi connectivity index (χ1) is 14.2. The van der Waals surface area contributed by atoms with E-state index in [9.17, 15) is 9.90 Å². The quantitative estimate of drug-likeness (QED) is 0.400. The van der Waals surface area contributed by atoms with Crippen LogP contribution in [0, 0.1) is 0 Å². The Balaban J connectivity index is 1.68. The summed E-state index contributed by atoms with van der Waals surface area (Å²) < 4.78 is 7.66. The van der Waals surface area contributed by atoms with Crippen LogP contribution in [-0.2, 0) is 7.05 Å². The summed E-state index contributed by atoms with van der Waals surface area (Å²) in [4.78, 5) is 23.1. The molecule has 0 saturated carbocycles. The van der Waals surface area contributed by atoms with Crippen molar-refractivity contribution in [2.45, 2.75) is 32.2 Å². The molecule has 0 spiro atoms. The number of fused-ring (bicyclic) bond motifs is 2. The lowest BCUT2D eigenvalue weighted by atomic mass is 10.0. The monoisotopic (exact) mass is 408 g/mol. The largest absolute Gasteiger partial charge is 0.494 e. The highest BCUT2D eigenvalue weighted by molar-refractivity contribution is 6.01. The molecule has 9 heteroatoms. The third kappa shape index (κ3) is 3.84. The molecule has 1 aromatic carbocycles. The summed E-state index contributed by atoms with van der Waals surface area (Å²) in [5, 5.41) is 14.8. The Hall–Kier alpha value is -3.46. The maximum atomic E-state index is 11.4. The number of rotatable bonds is 7. The molecule has 3 heterocycles. The first kappa shape index (κ1) is 19.8. The molecule has 0 saturated heterocycles. The SMILES string of the molecule is Cn1nc(-c2cnc3[nH]cc(C(=O)O)c3n2)c2cc(OCCCC(C)(C)N)ccc21. The Labute approximate surface area is 172 Å². The number of aryl methyl sites for hydroxylation is 1. The number of H-pyrrole nitrogens is 1. The zero-order chi connectivity index (χ0) is 21.5. The Morgan fingerprint density at radius 2 is 2.17 bits per heavy atom. The van der Waals surface area contributed by atoms with Crippen molar-refractivity contribution in [3.63, 3.8) is 0 Å². The summed E-state index contributed by atoms with van der Waals surface area (Å²) in [5.41, 5.74) is 8.63. The second-order valence-electron chi connectivity index (χ2n) is 8.05. The van der Waals surface area contributed by atoms with Crippen molar-refractivity contribution in [3.8, 4) is 17.1 Å².